The summed E-state index contributed by atoms with van der Waals surface area (Å²) in [5, 5.41) is 2.67. The molecule has 0 saturated heterocycles. The molecule has 116 valence electrons. The first kappa shape index (κ1) is 15.8. The first-order chi connectivity index (χ1) is 10.5. The van der Waals surface area contributed by atoms with Crippen LogP contribution >= 0.6 is 0 Å². The van der Waals surface area contributed by atoms with Gasteiger partial charge in [-0.3, -0.25) is 4.79 Å². The number of amides is 1. The molecule has 0 aliphatic rings. The van der Waals surface area contributed by atoms with E-state index in [1.54, 1.807) is 19.2 Å². The molecule has 1 amide bonds. The van der Waals surface area contributed by atoms with Crippen molar-refractivity contribution in [3.05, 3.63) is 41.7 Å². The quantitative estimate of drug-likeness (QED) is 0.914. The van der Waals surface area contributed by atoms with E-state index in [9.17, 15) is 9.18 Å². The monoisotopic (exact) mass is 303 g/mol. The normalized spacial score (nSPS) is 10.4. The van der Waals surface area contributed by atoms with Gasteiger partial charge in [-0.15, -0.1) is 0 Å². The number of hydrogen-bond donors (Lipinski definition) is 1. The number of likely N-dealkylation sites (N-methyl/N-ethyl adjacent to an activating group) is 1. The van der Waals surface area contributed by atoms with Crippen LogP contribution in [0, 0.1) is 12.7 Å². The molecule has 2 rings (SSSR count). The van der Waals surface area contributed by atoms with Gasteiger partial charge in [-0.1, -0.05) is 13.0 Å². The van der Waals surface area contributed by atoms with Gasteiger partial charge < -0.3 is 10.2 Å². The van der Waals surface area contributed by atoms with Crippen LogP contribution in [0.1, 0.15) is 18.3 Å². The molecule has 2 aromatic rings. The number of carbonyl (C=O) groups is 1. The first-order valence-corrected chi connectivity index (χ1v) is 6.95. The van der Waals surface area contributed by atoms with Gasteiger partial charge in [-0.05, 0) is 25.5 Å². The fourth-order valence-electron chi connectivity index (χ4n) is 1.99. The average molecular weight is 303 g/mol. The van der Waals surface area contributed by atoms with E-state index in [1.165, 1.54) is 11.2 Å². The first-order valence-electron chi connectivity index (χ1n) is 6.95. The number of aryl methyl sites for hydroxylation is 2. The van der Waals surface area contributed by atoms with E-state index in [-0.39, 0.29) is 18.3 Å². The number of pyridine rings is 1. The molecule has 0 spiro atoms. The maximum atomic E-state index is 14.1. The van der Waals surface area contributed by atoms with E-state index in [4.69, 9.17) is 0 Å². The summed E-state index contributed by atoms with van der Waals surface area (Å²) in [5.74, 6) is -0.208. The maximum absolute atomic E-state index is 14.1. The van der Waals surface area contributed by atoms with Crippen LogP contribution in [0.15, 0.2) is 24.5 Å². The lowest BCUT2D eigenvalue weighted by molar-refractivity contribution is -0.114. The Morgan fingerprint density at radius 1 is 1.36 bits per heavy atom. The zero-order valence-electron chi connectivity index (χ0n) is 12.8. The summed E-state index contributed by atoms with van der Waals surface area (Å²) in [6, 6.07) is 5.34. The Kier molecular flexibility index (Phi) is 4.98. The molecule has 0 aromatic carbocycles. The number of nitrogens with zero attached hydrogens (tertiary/aromatic N) is 4. The van der Waals surface area contributed by atoms with Crippen molar-refractivity contribution in [2.75, 3.05) is 23.8 Å². The fourth-order valence-corrected chi connectivity index (χ4v) is 1.99. The molecule has 2 aromatic heterocycles. The van der Waals surface area contributed by atoms with Crippen molar-refractivity contribution >= 4 is 17.5 Å². The van der Waals surface area contributed by atoms with E-state index >= 15 is 0 Å². The summed E-state index contributed by atoms with van der Waals surface area (Å²) in [6.07, 6.45) is 1.77. The van der Waals surface area contributed by atoms with Gasteiger partial charge in [0, 0.05) is 12.7 Å². The molecule has 0 bridgehead atoms. The summed E-state index contributed by atoms with van der Waals surface area (Å²) in [7, 11) is 1.61. The standard InChI is InChI=1S/C15H18FN5O/c1-4-11-14(16)15(18-9-17-11)21(3)8-13(22)20-12-7-5-6-10(2)19-12/h5-7,9H,4,8H2,1-3H3,(H,19,20,22). The molecule has 0 atom stereocenters. The van der Waals surface area contributed by atoms with Crippen LogP contribution < -0.4 is 10.2 Å². The lowest BCUT2D eigenvalue weighted by Gasteiger charge is -2.18. The zero-order valence-corrected chi connectivity index (χ0v) is 12.8. The van der Waals surface area contributed by atoms with Gasteiger partial charge in [0.25, 0.3) is 0 Å². The van der Waals surface area contributed by atoms with Gasteiger partial charge in [-0.25, -0.2) is 19.3 Å². The minimum absolute atomic E-state index is 0.0350. The molecular formula is C15H18FN5O. The Bertz CT molecular complexity index is 677. The number of carbonyl (C=O) groups excluding carboxylic acids is 1. The molecule has 0 aliphatic carbocycles. The number of rotatable bonds is 5. The van der Waals surface area contributed by atoms with Gasteiger partial charge in [0.05, 0.1) is 12.2 Å². The predicted molar refractivity (Wildman–Crippen MR) is 82.2 cm³/mol. The highest BCUT2D eigenvalue weighted by molar-refractivity contribution is 5.93. The van der Waals surface area contributed by atoms with Crippen LogP contribution in [0.25, 0.3) is 0 Å². The van der Waals surface area contributed by atoms with Crippen molar-refractivity contribution in [1.82, 2.24) is 15.0 Å². The summed E-state index contributed by atoms with van der Waals surface area (Å²) < 4.78 is 14.1. The summed E-state index contributed by atoms with van der Waals surface area (Å²) in [6.45, 7) is 3.61. The third-order valence-electron chi connectivity index (χ3n) is 3.08. The third-order valence-corrected chi connectivity index (χ3v) is 3.08. The van der Waals surface area contributed by atoms with Crippen LogP contribution in [-0.2, 0) is 11.2 Å². The summed E-state index contributed by atoms with van der Waals surface area (Å²) >= 11 is 0. The SMILES string of the molecule is CCc1ncnc(N(C)CC(=O)Nc2cccc(C)n2)c1F. The largest absolute Gasteiger partial charge is 0.348 e. The molecule has 2 heterocycles. The molecule has 0 radical (unpaired) electrons. The van der Waals surface area contributed by atoms with Gasteiger partial charge >= 0.3 is 0 Å². The second-order valence-electron chi connectivity index (χ2n) is 4.88. The Morgan fingerprint density at radius 3 is 2.82 bits per heavy atom. The van der Waals surface area contributed by atoms with E-state index in [0.29, 0.717) is 17.9 Å². The van der Waals surface area contributed by atoms with Gasteiger partial charge in [0.15, 0.2) is 11.6 Å². The smallest absolute Gasteiger partial charge is 0.245 e. The number of nitrogens with one attached hydrogen (secondary N) is 1. The van der Waals surface area contributed by atoms with Gasteiger partial charge in [0.1, 0.15) is 12.1 Å². The van der Waals surface area contributed by atoms with E-state index in [0.717, 1.165) is 5.69 Å². The van der Waals surface area contributed by atoms with Gasteiger partial charge in [-0.2, -0.15) is 0 Å². The van der Waals surface area contributed by atoms with Crippen molar-refractivity contribution in [2.45, 2.75) is 20.3 Å². The van der Waals surface area contributed by atoms with Gasteiger partial charge in [0.2, 0.25) is 5.91 Å². The van der Waals surface area contributed by atoms with Crippen molar-refractivity contribution < 1.29 is 9.18 Å². The molecule has 0 saturated carbocycles. The lowest BCUT2D eigenvalue weighted by atomic mass is 10.3. The molecule has 0 unspecified atom stereocenters. The lowest BCUT2D eigenvalue weighted by Crippen LogP contribution is -2.31. The minimum atomic E-state index is -0.492. The Balaban J connectivity index is 2.05. The van der Waals surface area contributed by atoms with E-state index in [1.807, 2.05) is 19.9 Å². The highest BCUT2D eigenvalue weighted by atomic mass is 19.1. The van der Waals surface area contributed by atoms with Crippen molar-refractivity contribution in [3.63, 3.8) is 0 Å². The van der Waals surface area contributed by atoms with Crippen molar-refractivity contribution in [1.29, 1.82) is 0 Å². The summed E-state index contributed by atoms with van der Waals surface area (Å²) in [5.41, 5.74) is 1.14. The minimum Gasteiger partial charge on any atom is -0.348 e. The predicted octanol–water partition coefficient (Wildman–Crippen LogP) is 1.96. The molecular weight excluding hydrogens is 285 g/mol. The molecule has 1 N–H and O–H groups in total. The number of anilines is 2. The van der Waals surface area contributed by atoms with Crippen LogP contribution in [0.5, 0.6) is 0 Å². The number of aromatic nitrogens is 3. The molecule has 0 aliphatic heterocycles. The topological polar surface area (TPSA) is 71.0 Å². The highest BCUT2D eigenvalue weighted by Crippen LogP contribution is 2.16. The van der Waals surface area contributed by atoms with Crippen molar-refractivity contribution in [2.24, 2.45) is 0 Å². The molecule has 6 nitrogen and oxygen atoms in total. The zero-order chi connectivity index (χ0) is 16.1. The average Bonchev–Trinajstić information content (AvgIpc) is 2.47. The third kappa shape index (κ3) is 3.75. The van der Waals surface area contributed by atoms with Crippen LogP contribution in [0.2, 0.25) is 0 Å². The molecule has 0 fully saturated rings. The van der Waals surface area contributed by atoms with Crippen LogP contribution in [0.4, 0.5) is 16.0 Å². The second-order valence-corrected chi connectivity index (χ2v) is 4.88. The van der Waals surface area contributed by atoms with Crippen LogP contribution in [0.3, 0.4) is 0 Å². The molecule has 22 heavy (non-hydrogen) atoms. The Hall–Kier alpha value is -2.57. The van der Waals surface area contributed by atoms with E-state index in [2.05, 4.69) is 20.3 Å². The molecule has 7 heteroatoms. The fraction of sp³-hybridized carbons (Fsp3) is 0.333. The number of hydrogen-bond acceptors (Lipinski definition) is 5. The Morgan fingerprint density at radius 2 is 2.14 bits per heavy atom. The summed E-state index contributed by atoms with van der Waals surface area (Å²) in [4.78, 5) is 25.4. The second kappa shape index (κ2) is 6.93. The Labute approximate surface area is 128 Å². The van der Waals surface area contributed by atoms with E-state index < -0.39 is 5.82 Å². The highest BCUT2D eigenvalue weighted by Gasteiger charge is 2.16. The maximum Gasteiger partial charge on any atom is 0.245 e. The number of halogens is 1. The van der Waals surface area contributed by atoms with Crippen LogP contribution in [-0.4, -0.2) is 34.5 Å². The van der Waals surface area contributed by atoms with Crippen molar-refractivity contribution in [3.8, 4) is 0 Å².